The number of esters is 1. The Labute approximate surface area is 132 Å². The smallest absolute Gasteiger partial charge is 0.310 e. The summed E-state index contributed by atoms with van der Waals surface area (Å²) in [5.41, 5.74) is 0.919. The summed E-state index contributed by atoms with van der Waals surface area (Å²) >= 11 is 0. The monoisotopic (exact) mass is 319 g/mol. The number of carbonyl (C=O) groups excluding carboxylic acids is 2. The number of nitrogens with one attached hydrogen (secondary N) is 1. The van der Waals surface area contributed by atoms with Crippen molar-refractivity contribution in [1.29, 1.82) is 0 Å². The van der Waals surface area contributed by atoms with Crippen LogP contribution in [0.5, 0.6) is 0 Å². The molecule has 0 aliphatic carbocycles. The molecular weight excluding hydrogens is 304 g/mol. The lowest BCUT2D eigenvalue weighted by molar-refractivity contribution is -0.142. The van der Waals surface area contributed by atoms with Crippen LogP contribution in [0.4, 0.5) is 14.5 Å². The highest BCUT2D eigenvalue weighted by molar-refractivity contribution is 6.04. The van der Waals surface area contributed by atoms with E-state index in [2.05, 4.69) is 5.32 Å². The highest BCUT2D eigenvalue weighted by Crippen LogP contribution is 2.14. The van der Waals surface area contributed by atoms with E-state index in [9.17, 15) is 18.4 Å². The van der Waals surface area contributed by atoms with Gasteiger partial charge in [-0.2, -0.15) is 0 Å². The molecule has 0 bridgehead atoms. The molecular formula is C17H15F2NO3. The first-order valence-electron chi connectivity index (χ1n) is 7.00. The third kappa shape index (κ3) is 4.60. The quantitative estimate of drug-likeness (QED) is 0.860. The molecule has 4 nitrogen and oxygen atoms in total. The molecule has 0 aliphatic rings. The van der Waals surface area contributed by atoms with Gasteiger partial charge >= 0.3 is 5.97 Å². The van der Waals surface area contributed by atoms with Crippen LogP contribution >= 0.6 is 0 Å². The van der Waals surface area contributed by atoms with Crippen molar-refractivity contribution in [3.8, 4) is 0 Å². The van der Waals surface area contributed by atoms with E-state index in [0.29, 0.717) is 18.4 Å². The molecule has 0 saturated carbocycles. The van der Waals surface area contributed by atoms with Crippen molar-refractivity contribution >= 4 is 17.6 Å². The number of halogens is 2. The van der Waals surface area contributed by atoms with Gasteiger partial charge in [-0.05, 0) is 36.8 Å². The van der Waals surface area contributed by atoms with Crippen molar-refractivity contribution < 1.29 is 23.1 Å². The third-order valence-corrected chi connectivity index (χ3v) is 3.04. The molecule has 2 aromatic rings. The van der Waals surface area contributed by atoms with Gasteiger partial charge in [-0.15, -0.1) is 0 Å². The SMILES string of the molecule is CCOC(=O)Cc1ccc(NC(=O)c2ccc(F)cc2F)cc1. The largest absolute Gasteiger partial charge is 0.466 e. The molecule has 0 atom stereocenters. The lowest BCUT2D eigenvalue weighted by Gasteiger charge is -2.07. The van der Waals surface area contributed by atoms with Gasteiger partial charge in [0.05, 0.1) is 18.6 Å². The maximum atomic E-state index is 13.5. The van der Waals surface area contributed by atoms with E-state index in [1.165, 1.54) is 0 Å². The second-order valence-electron chi connectivity index (χ2n) is 4.76. The van der Waals surface area contributed by atoms with E-state index >= 15 is 0 Å². The van der Waals surface area contributed by atoms with Crippen LogP contribution in [0.1, 0.15) is 22.8 Å². The van der Waals surface area contributed by atoms with Crippen LogP contribution in [0.15, 0.2) is 42.5 Å². The predicted octanol–water partition coefficient (Wildman–Crippen LogP) is 3.32. The highest BCUT2D eigenvalue weighted by atomic mass is 19.1. The Hall–Kier alpha value is -2.76. The van der Waals surface area contributed by atoms with E-state index in [-0.39, 0.29) is 18.0 Å². The zero-order chi connectivity index (χ0) is 16.8. The Morgan fingerprint density at radius 3 is 2.39 bits per heavy atom. The summed E-state index contributed by atoms with van der Waals surface area (Å²) < 4.78 is 31.2. The van der Waals surface area contributed by atoms with Gasteiger partial charge in [0.15, 0.2) is 0 Å². The molecule has 0 radical (unpaired) electrons. The minimum Gasteiger partial charge on any atom is -0.466 e. The van der Waals surface area contributed by atoms with E-state index in [0.717, 1.165) is 17.7 Å². The van der Waals surface area contributed by atoms with E-state index < -0.39 is 17.5 Å². The molecule has 0 fully saturated rings. The first-order valence-corrected chi connectivity index (χ1v) is 7.00. The molecule has 1 amide bonds. The summed E-state index contributed by atoms with van der Waals surface area (Å²) in [6.45, 7) is 2.04. The Morgan fingerprint density at radius 1 is 1.09 bits per heavy atom. The molecule has 23 heavy (non-hydrogen) atoms. The lowest BCUT2D eigenvalue weighted by Crippen LogP contribution is -2.14. The minimum atomic E-state index is -0.929. The summed E-state index contributed by atoms with van der Waals surface area (Å²) in [4.78, 5) is 23.3. The van der Waals surface area contributed by atoms with Crippen molar-refractivity contribution in [1.82, 2.24) is 0 Å². The zero-order valence-electron chi connectivity index (χ0n) is 12.4. The fourth-order valence-corrected chi connectivity index (χ4v) is 1.96. The van der Waals surface area contributed by atoms with Crippen LogP contribution in [0.3, 0.4) is 0 Å². The van der Waals surface area contributed by atoms with Gasteiger partial charge in [-0.3, -0.25) is 9.59 Å². The molecule has 0 unspecified atom stereocenters. The molecule has 120 valence electrons. The van der Waals surface area contributed by atoms with Gasteiger partial charge in [-0.25, -0.2) is 8.78 Å². The molecule has 0 aliphatic heterocycles. The number of hydrogen-bond donors (Lipinski definition) is 1. The average Bonchev–Trinajstić information content (AvgIpc) is 2.49. The van der Waals surface area contributed by atoms with Gasteiger partial charge in [0.25, 0.3) is 5.91 Å². The van der Waals surface area contributed by atoms with Crippen molar-refractivity contribution in [3.05, 3.63) is 65.2 Å². The molecule has 0 saturated heterocycles. The van der Waals surface area contributed by atoms with E-state index in [4.69, 9.17) is 4.74 Å². The topological polar surface area (TPSA) is 55.4 Å². The summed E-state index contributed by atoms with van der Waals surface area (Å²) in [6.07, 6.45) is 0.134. The molecule has 0 spiro atoms. The number of hydrogen-bond acceptors (Lipinski definition) is 3. The summed E-state index contributed by atoms with van der Waals surface area (Å²) in [5.74, 6) is -2.69. The average molecular weight is 319 g/mol. The van der Waals surface area contributed by atoms with Gasteiger partial charge < -0.3 is 10.1 Å². The first kappa shape index (κ1) is 16.6. The second-order valence-corrected chi connectivity index (χ2v) is 4.76. The van der Waals surface area contributed by atoms with Crippen LogP contribution in [0.2, 0.25) is 0 Å². The van der Waals surface area contributed by atoms with Crippen molar-refractivity contribution in [2.24, 2.45) is 0 Å². The van der Waals surface area contributed by atoms with Crippen LogP contribution in [-0.2, 0) is 16.0 Å². The number of ether oxygens (including phenoxy) is 1. The molecule has 2 rings (SSSR count). The van der Waals surface area contributed by atoms with Gasteiger partial charge in [0.2, 0.25) is 0 Å². The summed E-state index contributed by atoms with van der Waals surface area (Å²) in [5, 5.41) is 2.51. The zero-order valence-corrected chi connectivity index (χ0v) is 12.4. The first-order chi connectivity index (χ1) is 11.0. The molecule has 0 aromatic heterocycles. The van der Waals surface area contributed by atoms with E-state index in [1.807, 2.05) is 0 Å². The fraction of sp³-hybridized carbons (Fsp3) is 0.176. The van der Waals surface area contributed by atoms with Gasteiger partial charge in [0.1, 0.15) is 11.6 Å². The standard InChI is InChI=1S/C17H15F2NO3/c1-2-23-16(21)9-11-3-6-13(7-4-11)20-17(22)14-8-5-12(18)10-15(14)19/h3-8,10H,2,9H2,1H3,(H,20,22). The Bertz CT molecular complexity index is 714. The van der Waals surface area contributed by atoms with E-state index in [1.54, 1.807) is 31.2 Å². The Balaban J connectivity index is 2.03. The number of benzene rings is 2. The molecule has 6 heteroatoms. The molecule has 1 N–H and O–H groups in total. The number of carbonyl (C=O) groups is 2. The minimum absolute atomic E-state index is 0.134. The number of anilines is 1. The summed E-state index contributed by atoms with van der Waals surface area (Å²) in [7, 11) is 0. The maximum absolute atomic E-state index is 13.5. The lowest BCUT2D eigenvalue weighted by atomic mass is 10.1. The van der Waals surface area contributed by atoms with Gasteiger partial charge in [-0.1, -0.05) is 12.1 Å². The highest BCUT2D eigenvalue weighted by Gasteiger charge is 2.13. The fourth-order valence-electron chi connectivity index (χ4n) is 1.96. The van der Waals surface area contributed by atoms with Crippen LogP contribution in [-0.4, -0.2) is 18.5 Å². The summed E-state index contributed by atoms with van der Waals surface area (Å²) in [6, 6.07) is 9.25. The number of amides is 1. The number of rotatable bonds is 5. The van der Waals surface area contributed by atoms with Crippen LogP contribution < -0.4 is 5.32 Å². The van der Waals surface area contributed by atoms with Crippen LogP contribution in [0, 0.1) is 11.6 Å². The van der Waals surface area contributed by atoms with Crippen molar-refractivity contribution in [3.63, 3.8) is 0 Å². The van der Waals surface area contributed by atoms with Crippen molar-refractivity contribution in [2.75, 3.05) is 11.9 Å². The Morgan fingerprint density at radius 2 is 1.78 bits per heavy atom. The van der Waals surface area contributed by atoms with Gasteiger partial charge in [0, 0.05) is 11.8 Å². The third-order valence-electron chi connectivity index (χ3n) is 3.04. The van der Waals surface area contributed by atoms with Crippen molar-refractivity contribution in [2.45, 2.75) is 13.3 Å². The Kier molecular flexibility index (Phi) is 5.41. The predicted molar refractivity (Wildman–Crippen MR) is 81.1 cm³/mol. The normalized spacial score (nSPS) is 10.2. The maximum Gasteiger partial charge on any atom is 0.310 e. The molecule has 0 heterocycles. The molecule has 2 aromatic carbocycles. The second kappa shape index (κ2) is 7.49. The van der Waals surface area contributed by atoms with Crippen LogP contribution in [0.25, 0.3) is 0 Å².